The second kappa shape index (κ2) is 7.05. The summed E-state index contributed by atoms with van der Waals surface area (Å²) in [6.07, 6.45) is 1.25. The molecule has 3 rings (SSSR count). The second-order valence-electron chi connectivity index (χ2n) is 5.59. The number of nitrogens with zero attached hydrogens (tertiary/aromatic N) is 1. The molecule has 1 aliphatic rings. The van der Waals surface area contributed by atoms with E-state index in [1.54, 1.807) is 30.3 Å². The number of urea groups is 1. The van der Waals surface area contributed by atoms with Crippen molar-refractivity contribution >= 4 is 61.5 Å². The van der Waals surface area contributed by atoms with E-state index in [9.17, 15) is 19.5 Å². The summed E-state index contributed by atoms with van der Waals surface area (Å²) in [6.45, 7) is 1.82. The summed E-state index contributed by atoms with van der Waals surface area (Å²) in [7, 11) is 0. The van der Waals surface area contributed by atoms with E-state index in [1.165, 1.54) is 12.1 Å². The zero-order valence-corrected chi connectivity index (χ0v) is 16.6. The van der Waals surface area contributed by atoms with E-state index in [4.69, 9.17) is 0 Å². The van der Waals surface area contributed by atoms with Gasteiger partial charge in [-0.3, -0.25) is 14.9 Å². The Kier molecular flexibility index (Phi) is 4.97. The maximum atomic E-state index is 12.8. The van der Waals surface area contributed by atoms with Crippen LogP contribution in [0, 0.1) is 6.92 Å². The largest absolute Gasteiger partial charge is 0.507 e. The first-order valence-electron chi connectivity index (χ1n) is 7.44. The fraction of sp³-hybridized carbons (Fsp3) is 0.0556. The molecular weight excluding hydrogens is 468 g/mol. The van der Waals surface area contributed by atoms with Crippen LogP contribution in [0.25, 0.3) is 6.08 Å². The minimum atomic E-state index is -0.822. The number of anilines is 1. The van der Waals surface area contributed by atoms with E-state index in [0.29, 0.717) is 10.2 Å². The average molecular weight is 480 g/mol. The number of aromatic hydroxyl groups is 1. The van der Waals surface area contributed by atoms with Gasteiger partial charge in [0.2, 0.25) is 0 Å². The third kappa shape index (κ3) is 3.42. The molecule has 0 spiro atoms. The van der Waals surface area contributed by atoms with Crippen LogP contribution in [0.2, 0.25) is 0 Å². The number of phenols is 1. The highest BCUT2D eigenvalue weighted by atomic mass is 79.9. The highest BCUT2D eigenvalue weighted by Crippen LogP contribution is 2.28. The van der Waals surface area contributed by atoms with Crippen LogP contribution in [0.3, 0.4) is 0 Å². The van der Waals surface area contributed by atoms with E-state index in [2.05, 4.69) is 37.2 Å². The van der Waals surface area contributed by atoms with Crippen molar-refractivity contribution in [3.63, 3.8) is 0 Å². The lowest BCUT2D eigenvalue weighted by Crippen LogP contribution is -2.54. The predicted molar refractivity (Wildman–Crippen MR) is 104 cm³/mol. The Morgan fingerprint density at radius 1 is 1.08 bits per heavy atom. The van der Waals surface area contributed by atoms with Gasteiger partial charge < -0.3 is 5.11 Å². The standard InChI is InChI=1S/C18H12Br2N2O4/c1-9-6-12(3-4-14(9)20)22-17(25)13(16(24)21-18(22)26)8-10-7-11(19)2-5-15(10)23/h2-8,23H,1H3,(H,21,24,26)/b13-8+. The molecule has 0 saturated carbocycles. The van der Waals surface area contributed by atoms with Crippen LogP contribution in [0.4, 0.5) is 10.5 Å². The van der Waals surface area contributed by atoms with Crippen LogP contribution >= 0.6 is 31.9 Å². The Bertz CT molecular complexity index is 985. The monoisotopic (exact) mass is 478 g/mol. The number of aryl methyl sites for hydroxylation is 1. The molecule has 6 nitrogen and oxygen atoms in total. The summed E-state index contributed by atoms with van der Waals surface area (Å²) in [5.41, 5.74) is 1.19. The molecule has 0 radical (unpaired) electrons. The molecule has 2 N–H and O–H groups in total. The molecule has 0 atom stereocenters. The quantitative estimate of drug-likeness (QED) is 0.505. The Morgan fingerprint density at radius 3 is 2.50 bits per heavy atom. The van der Waals surface area contributed by atoms with E-state index in [-0.39, 0.29) is 16.9 Å². The number of amides is 4. The minimum Gasteiger partial charge on any atom is -0.507 e. The second-order valence-corrected chi connectivity index (χ2v) is 7.36. The highest BCUT2D eigenvalue weighted by molar-refractivity contribution is 9.10. The average Bonchev–Trinajstić information content (AvgIpc) is 2.57. The maximum absolute atomic E-state index is 12.8. The number of barbiturate groups is 1. The number of nitrogens with one attached hydrogen (secondary N) is 1. The van der Waals surface area contributed by atoms with Crippen molar-refractivity contribution in [1.82, 2.24) is 5.32 Å². The molecule has 1 fully saturated rings. The van der Waals surface area contributed by atoms with Gasteiger partial charge in [0.1, 0.15) is 11.3 Å². The Hall–Kier alpha value is -2.45. The van der Waals surface area contributed by atoms with Crippen LogP contribution in [0.15, 0.2) is 50.9 Å². The Morgan fingerprint density at radius 2 is 1.81 bits per heavy atom. The molecule has 4 amide bonds. The van der Waals surface area contributed by atoms with Gasteiger partial charge in [0, 0.05) is 14.5 Å². The number of hydrogen-bond acceptors (Lipinski definition) is 4. The van der Waals surface area contributed by atoms with E-state index < -0.39 is 17.8 Å². The lowest BCUT2D eigenvalue weighted by Gasteiger charge is -2.26. The molecule has 2 aromatic carbocycles. The van der Waals surface area contributed by atoms with Gasteiger partial charge >= 0.3 is 6.03 Å². The Labute approximate surface area is 165 Å². The van der Waals surface area contributed by atoms with E-state index in [1.807, 2.05) is 6.92 Å². The number of hydrogen-bond donors (Lipinski definition) is 2. The topological polar surface area (TPSA) is 86.7 Å². The number of carbonyl (C=O) groups excluding carboxylic acids is 3. The Balaban J connectivity index is 2.07. The van der Waals surface area contributed by atoms with Gasteiger partial charge in [-0.05, 0) is 55.0 Å². The van der Waals surface area contributed by atoms with Crippen molar-refractivity contribution in [2.45, 2.75) is 6.92 Å². The molecular formula is C18H12Br2N2O4. The zero-order chi connectivity index (χ0) is 19.0. The minimum absolute atomic E-state index is 0.0933. The van der Waals surface area contributed by atoms with E-state index in [0.717, 1.165) is 14.9 Å². The molecule has 0 aromatic heterocycles. The van der Waals surface area contributed by atoms with Gasteiger partial charge in [0.15, 0.2) is 0 Å². The van der Waals surface area contributed by atoms with Crippen molar-refractivity contribution in [3.8, 4) is 5.75 Å². The highest BCUT2D eigenvalue weighted by Gasteiger charge is 2.37. The number of rotatable bonds is 2. The first-order valence-corrected chi connectivity index (χ1v) is 9.02. The summed E-state index contributed by atoms with van der Waals surface area (Å²) in [6, 6.07) is 8.77. The van der Waals surface area contributed by atoms with Crippen molar-refractivity contribution < 1.29 is 19.5 Å². The fourth-order valence-corrected chi connectivity index (χ4v) is 3.08. The van der Waals surface area contributed by atoms with Gasteiger partial charge in [-0.15, -0.1) is 0 Å². The molecule has 8 heteroatoms. The molecule has 1 heterocycles. The van der Waals surface area contributed by atoms with Gasteiger partial charge in [0.05, 0.1) is 5.69 Å². The van der Waals surface area contributed by atoms with Crippen LogP contribution in [0.5, 0.6) is 5.75 Å². The molecule has 0 unspecified atom stereocenters. The van der Waals surface area contributed by atoms with Crippen molar-refractivity contribution in [2.75, 3.05) is 4.90 Å². The molecule has 132 valence electrons. The van der Waals surface area contributed by atoms with E-state index >= 15 is 0 Å². The van der Waals surface area contributed by atoms with Crippen LogP contribution in [-0.4, -0.2) is 23.0 Å². The molecule has 0 aliphatic carbocycles. The summed E-state index contributed by atoms with van der Waals surface area (Å²) in [4.78, 5) is 38.1. The summed E-state index contributed by atoms with van der Waals surface area (Å²) < 4.78 is 1.50. The normalized spacial score (nSPS) is 16.2. The summed E-state index contributed by atoms with van der Waals surface area (Å²) in [5.74, 6) is -1.67. The van der Waals surface area contributed by atoms with Gasteiger partial charge in [-0.1, -0.05) is 31.9 Å². The lowest BCUT2D eigenvalue weighted by atomic mass is 10.1. The fourth-order valence-electron chi connectivity index (χ4n) is 2.46. The van der Waals surface area contributed by atoms with Crippen LogP contribution in [0.1, 0.15) is 11.1 Å². The lowest BCUT2D eigenvalue weighted by molar-refractivity contribution is -0.122. The van der Waals surface area contributed by atoms with Crippen molar-refractivity contribution in [2.24, 2.45) is 0 Å². The van der Waals surface area contributed by atoms with Gasteiger partial charge in [-0.2, -0.15) is 0 Å². The van der Waals surface area contributed by atoms with Crippen molar-refractivity contribution in [3.05, 3.63) is 62.0 Å². The predicted octanol–water partition coefficient (Wildman–Crippen LogP) is 3.89. The molecule has 26 heavy (non-hydrogen) atoms. The number of benzene rings is 2. The van der Waals surface area contributed by atoms with Gasteiger partial charge in [-0.25, -0.2) is 9.69 Å². The number of carbonyl (C=O) groups is 3. The SMILES string of the molecule is Cc1cc(N2C(=O)NC(=O)/C(=C\c3cc(Br)ccc3O)C2=O)ccc1Br. The summed E-state index contributed by atoms with van der Waals surface area (Å²) in [5, 5.41) is 12.1. The molecule has 2 aromatic rings. The smallest absolute Gasteiger partial charge is 0.335 e. The first-order chi connectivity index (χ1) is 12.3. The maximum Gasteiger partial charge on any atom is 0.335 e. The number of halogens is 2. The summed E-state index contributed by atoms with van der Waals surface area (Å²) >= 11 is 6.63. The first kappa shape index (κ1) is 18.3. The third-order valence-corrected chi connectivity index (χ3v) is 5.17. The zero-order valence-electron chi connectivity index (χ0n) is 13.4. The third-order valence-electron chi connectivity index (χ3n) is 3.79. The number of phenolic OH excluding ortho intramolecular Hbond substituents is 1. The number of imide groups is 2. The van der Waals surface area contributed by atoms with Crippen LogP contribution in [-0.2, 0) is 9.59 Å². The van der Waals surface area contributed by atoms with Gasteiger partial charge in [0.25, 0.3) is 11.8 Å². The van der Waals surface area contributed by atoms with Crippen LogP contribution < -0.4 is 10.2 Å². The van der Waals surface area contributed by atoms with Crippen molar-refractivity contribution in [1.29, 1.82) is 0 Å². The molecule has 1 aliphatic heterocycles. The molecule has 0 bridgehead atoms. The molecule has 1 saturated heterocycles.